The van der Waals surface area contributed by atoms with Gasteiger partial charge in [-0.2, -0.15) is 5.10 Å². The maximum absolute atomic E-state index is 12.3. The molecule has 1 aromatic heterocycles. The van der Waals surface area contributed by atoms with Gasteiger partial charge in [0.25, 0.3) is 5.91 Å². The van der Waals surface area contributed by atoms with Crippen molar-refractivity contribution in [1.29, 1.82) is 0 Å². The minimum absolute atomic E-state index is 0.130. The summed E-state index contributed by atoms with van der Waals surface area (Å²) in [6, 6.07) is 1.86. The zero-order valence-corrected chi connectivity index (χ0v) is 13.4. The van der Waals surface area contributed by atoms with Gasteiger partial charge in [0, 0.05) is 13.5 Å². The molecule has 1 aliphatic rings. The van der Waals surface area contributed by atoms with Gasteiger partial charge < -0.3 is 10.2 Å². The van der Waals surface area contributed by atoms with Crippen LogP contribution in [0.5, 0.6) is 0 Å². The number of carbonyl (C=O) groups is 1. The number of amides is 1. The van der Waals surface area contributed by atoms with Gasteiger partial charge in [-0.25, -0.2) is 0 Å². The van der Waals surface area contributed by atoms with E-state index in [0.29, 0.717) is 18.2 Å². The number of aryl methyl sites for hydroxylation is 1. The van der Waals surface area contributed by atoms with E-state index in [1.807, 2.05) is 19.9 Å². The predicted octanol–water partition coefficient (Wildman–Crippen LogP) is 1.90. The lowest BCUT2D eigenvalue weighted by Crippen LogP contribution is -2.41. The molecule has 116 valence electrons. The van der Waals surface area contributed by atoms with Crippen molar-refractivity contribution >= 4 is 11.6 Å². The topological polar surface area (TPSA) is 68.5 Å². The zero-order valence-electron chi connectivity index (χ0n) is 13.4. The van der Waals surface area contributed by atoms with Crippen molar-refractivity contribution in [2.75, 3.05) is 6.54 Å². The second-order valence-electron chi connectivity index (χ2n) is 6.47. The molecule has 0 saturated heterocycles. The van der Waals surface area contributed by atoms with Crippen molar-refractivity contribution in [2.45, 2.75) is 46.1 Å². The summed E-state index contributed by atoms with van der Waals surface area (Å²) in [4.78, 5) is 17.7. The molecule has 0 radical (unpaired) electrons. The van der Waals surface area contributed by atoms with Gasteiger partial charge >= 0.3 is 0 Å². The van der Waals surface area contributed by atoms with Crippen LogP contribution in [-0.2, 0) is 18.3 Å². The number of carbonyl (C=O) groups excluding carboxylic acids is 1. The Labute approximate surface area is 125 Å². The SMILES string of the molecule is CC1=NO[C@@](C)(CNC(=O)c2cc(CC(C)C)nn2C)C1. The third-order valence-corrected chi connectivity index (χ3v) is 3.45. The number of nitrogens with one attached hydrogen (secondary N) is 1. The fourth-order valence-corrected chi connectivity index (χ4v) is 2.50. The second-order valence-corrected chi connectivity index (χ2v) is 6.47. The number of nitrogens with zero attached hydrogens (tertiary/aromatic N) is 3. The van der Waals surface area contributed by atoms with Gasteiger partial charge in [-0.05, 0) is 32.3 Å². The van der Waals surface area contributed by atoms with Crippen LogP contribution in [0.2, 0.25) is 0 Å². The lowest BCUT2D eigenvalue weighted by molar-refractivity contribution is -0.00188. The number of hydrogen-bond acceptors (Lipinski definition) is 4. The summed E-state index contributed by atoms with van der Waals surface area (Å²) in [6.07, 6.45) is 1.60. The molecule has 1 atom stereocenters. The standard InChI is InChI=1S/C15H24N4O2/c1-10(2)6-12-7-13(19(5)17-12)14(20)16-9-15(4)8-11(3)18-21-15/h7,10H,6,8-9H2,1-5H3,(H,16,20)/t15-/m1/s1. The van der Waals surface area contributed by atoms with Crippen molar-refractivity contribution < 1.29 is 9.63 Å². The van der Waals surface area contributed by atoms with E-state index in [-0.39, 0.29) is 5.91 Å². The van der Waals surface area contributed by atoms with Gasteiger partial charge in [0.2, 0.25) is 0 Å². The van der Waals surface area contributed by atoms with Gasteiger partial charge in [0.15, 0.2) is 5.60 Å². The molecule has 6 nitrogen and oxygen atoms in total. The average molecular weight is 292 g/mol. The molecule has 0 saturated carbocycles. The third-order valence-electron chi connectivity index (χ3n) is 3.45. The molecule has 0 aliphatic carbocycles. The largest absolute Gasteiger partial charge is 0.387 e. The molecule has 1 amide bonds. The highest BCUT2D eigenvalue weighted by atomic mass is 16.7. The zero-order chi connectivity index (χ0) is 15.6. The Hall–Kier alpha value is -1.85. The van der Waals surface area contributed by atoms with Gasteiger partial charge in [-0.3, -0.25) is 9.48 Å². The molecule has 1 N–H and O–H groups in total. The Kier molecular flexibility index (Phi) is 4.34. The summed E-state index contributed by atoms with van der Waals surface area (Å²) in [5.74, 6) is 0.385. The fourth-order valence-electron chi connectivity index (χ4n) is 2.50. The highest BCUT2D eigenvalue weighted by Gasteiger charge is 2.33. The molecule has 21 heavy (non-hydrogen) atoms. The van der Waals surface area contributed by atoms with Crippen molar-refractivity contribution in [3.8, 4) is 0 Å². The molecule has 6 heteroatoms. The Bertz CT molecular complexity index is 562. The van der Waals surface area contributed by atoms with Crippen LogP contribution in [0.1, 0.15) is 50.3 Å². The van der Waals surface area contributed by atoms with Gasteiger partial charge in [-0.15, -0.1) is 0 Å². The van der Waals surface area contributed by atoms with Crippen molar-refractivity contribution in [3.63, 3.8) is 0 Å². The van der Waals surface area contributed by atoms with Crippen LogP contribution in [0.25, 0.3) is 0 Å². The van der Waals surface area contributed by atoms with Crippen LogP contribution in [0, 0.1) is 5.92 Å². The maximum Gasteiger partial charge on any atom is 0.269 e. The molecule has 1 aromatic rings. The Morgan fingerprint density at radius 3 is 2.86 bits per heavy atom. The van der Waals surface area contributed by atoms with E-state index in [9.17, 15) is 4.79 Å². The molecule has 2 rings (SSSR count). The van der Waals surface area contributed by atoms with Crippen LogP contribution in [0.15, 0.2) is 11.2 Å². The first-order chi connectivity index (χ1) is 9.79. The molecule has 0 unspecified atom stereocenters. The molecule has 0 fully saturated rings. The Morgan fingerprint density at radius 1 is 1.57 bits per heavy atom. The highest BCUT2D eigenvalue weighted by Crippen LogP contribution is 2.22. The molecule has 2 heterocycles. The van der Waals surface area contributed by atoms with E-state index in [1.54, 1.807) is 11.7 Å². The Balaban J connectivity index is 1.96. The number of oxime groups is 1. The Morgan fingerprint density at radius 2 is 2.29 bits per heavy atom. The van der Waals surface area contributed by atoms with Gasteiger partial charge in [0.05, 0.1) is 18.0 Å². The molecular weight excluding hydrogens is 268 g/mol. The molecule has 1 aliphatic heterocycles. The first-order valence-electron chi connectivity index (χ1n) is 7.32. The van der Waals surface area contributed by atoms with Gasteiger partial charge in [-0.1, -0.05) is 19.0 Å². The first-order valence-corrected chi connectivity index (χ1v) is 7.32. The normalized spacial score (nSPS) is 21.3. The summed E-state index contributed by atoms with van der Waals surface area (Å²) in [5, 5.41) is 11.2. The monoisotopic (exact) mass is 292 g/mol. The van der Waals surface area contributed by atoms with Crippen LogP contribution in [0.4, 0.5) is 0 Å². The van der Waals surface area contributed by atoms with E-state index < -0.39 is 5.60 Å². The minimum atomic E-state index is -0.445. The maximum atomic E-state index is 12.3. The number of rotatable bonds is 5. The lowest BCUT2D eigenvalue weighted by atomic mass is 10.0. The summed E-state index contributed by atoms with van der Waals surface area (Å²) < 4.78 is 1.63. The van der Waals surface area contributed by atoms with E-state index in [1.165, 1.54) is 0 Å². The smallest absolute Gasteiger partial charge is 0.269 e. The summed E-state index contributed by atoms with van der Waals surface area (Å²) >= 11 is 0. The quantitative estimate of drug-likeness (QED) is 0.901. The van der Waals surface area contributed by atoms with E-state index in [0.717, 1.165) is 24.2 Å². The first kappa shape index (κ1) is 15.5. The molecular formula is C15H24N4O2. The summed E-state index contributed by atoms with van der Waals surface area (Å²) in [7, 11) is 1.79. The van der Waals surface area contributed by atoms with Crippen molar-refractivity contribution in [2.24, 2.45) is 18.1 Å². The average Bonchev–Trinajstić information content (AvgIpc) is 2.90. The predicted molar refractivity (Wildman–Crippen MR) is 81.3 cm³/mol. The van der Waals surface area contributed by atoms with Crippen LogP contribution >= 0.6 is 0 Å². The van der Waals surface area contributed by atoms with Crippen LogP contribution in [0.3, 0.4) is 0 Å². The van der Waals surface area contributed by atoms with E-state index in [4.69, 9.17) is 4.84 Å². The fraction of sp³-hybridized carbons (Fsp3) is 0.667. The van der Waals surface area contributed by atoms with E-state index >= 15 is 0 Å². The third kappa shape index (κ3) is 3.83. The summed E-state index contributed by atoms with van der Waals surface area (Å²) in [6.45, 7) is 8.56. The lowest BCUT2D eigenvalue weighted by Gasteiger charge is -2.21. The molecule has 0 bridgehead atoms. The van der Waals surface area contributed by atoms with Crippen molar-refractivity contribution in [3.05, 3.63) is 17.5 Å². The van der Waals surface area contributed by atoms with Crippen LogP contribution < -0.4 is 5.32 Å². The second kappa shape index (κ2) is 5.87. The molecule has 0 aromatic carbocycles. The van der Waals surface area contributed by atoms with E-state index in [2.05, 4.69) is 29.4 Å². The minimum Gasteiger partial charge on any atom is -0.387 e. The van der Waals surface area contributed by atoms with Crippen molar-refractivity contribution in [1.82, 2.24) is 15.1 Å². The number of hydrogen-bond donors (Lipinski definition) is 1. The highest BCUT2D eigenvalue weighted by molar-refractivity contribution is 5.92. The summed E-state index contributed by atoms with van der Waals surface area (Å²) in [5.41, 5.74) is 2.02. The van der Waals surface area contributed by atoms with Gasteiger partial charge in [0.1, 0.15) is 5.69 Å². The molecule has 0 spiro atoms. The number of aromatic nitrogens is 2. The van der Waals surface area contributed by atoms with Crippen LogP contribution in [-0.4, -0.2) is 33.5 Å².